The molecule has 0 bridgehead atoms. The average Bonchev–Trinajstić information content (AvgIpc) is 2.81. The Morgan fingerprint density at radius 2 is 1.90 bits per heavy atom. The van der Waals surface area contributed by atoms with Crippen LogP contribution in [-0.4, -0.2) is 20.9 Å². The van der Waals surface area contributed by atoms with Crippen molar-refractivity contribution in [2.45, 2.75) is 6.36 Å². The summed E-state index contributed by atoms with van der Waals surface area (Å²) < 4.78 is 42.0. The van der Waals surface area contributed by atoms with E-state index in [4.69, 9.17) is 0 Å². The van der Waals surface area contributed by atoms with Crippen LogP contribution in [0.4, 0.5) is 13.2 Å². The van der Waals surface area contributed by atoms with Crippen LogP contribution in [0.15, 0.2) is 48.9 Å². The highest BCUT2D eigenvalue weighted by Crippen LogP contribution is 2.26. The number of hydrogen-bond donors (Lipinski definition) is 0. The number of imidazole rings is 1. The fraction of sp³-hybridized carbons (Fsp3) is 0.0769. The Labute approximate surface area is 111 Å². The third-order valence-electron chi connectivity index (χ3n) is 2.65. The number of nitrogens with zero attached hydrogens (tertiary/aromatic N) is 3. The quantitative estimate of drug-likeness (QED) is 0.722. The number of halogens is 3. The van der Waals surface area contributed by atoms with Gasteiger partial charge in [-0.3, -0.25) is 4.57 Å². The lowest BCUT2D eigenvalue weighted by Gasteiger charge is -2.08. The molecule has 0 fully saturated rings. The van der Waals surface area contributed by atoms with Crippen LogP contribution in [0.3, 0.4) is 0 Å². The van der Waals surface area contributed by atoms with E-state index in [1.54, 1.807) is 22.9 Å². The average molecular weight is 279 g/mol. The zero-order valence-corrected chi connectivity index (χ0v) is 10.0. The van der Waals surface area contributed by atoms with Gasteiger partial charge in [0, 0.05) is 12.3 Å². The molecule has 0 saturated heterocycles. The van der Waals surface area contributed by atoms with Crippen LogP contribution in [0.1, 0.15) is 0 Å². The van der Waals surface area contributed by atoms with Crippen LogP contribution >= 0.6 is 0 Å². The predicted molar refractivity (Wildman–Crippen MR) is 65.5 cm³/mol. The molecule has 7 heteroatoms. The van der Waals surface area contributed by atoms with Gasteiger partial charge in [0.1, 0.15) is 17.9 Å². The Bertz CT molecular complexity index is 737. The van der Waals surface area contributed by atoms with Crippen molar-refractivity contribution in [2.75, 3.05) is 0 Å². The second-order valence-electron chi connectivity index (χ2n) is 4.00. The first-order valence-electron chi connectivity index (χ1n) is 5.67. The second kappa shape index (κ2) is 4.52. The summed E-state index contributed by atoms with van der Waals surface area (Å²) in [6.07, 6.45) is -1.58. The van der Waals surface area contributed by atoms with E-state index < -0.39 is 6.36 Å². The molecule has 0 unspecified atom stereocenters. The molecule has 0 spiro atoms. The monoisotopic (exact) mass is 279 g/mol. The zero-order chi connectivity index (χ0) is 14.2. The Kier molecular flexibility index (Phi) is 2.81. The Morgan fingerprint density at radius 1 is 1.05 bits per heavy atom. The first kappa shape index (κ1) is 12.5. The van der Waals surface area contributed by atoms with Crippen LogP contribution in [-0.2, 0) is 0 Å². The minimum absolute atomic E-state index is 0.295. The number of pyridine rings is 1. The molecule has 0 radical (unpaired) electrons. The van der Waals surface area contributed by atoms with Gasteiger partial charge >= 0.3 is 6.36 Å². The molecule has 0 amide bonds. The van der Waals surface area contributed by atoms with Gasteiger partial charge in [0.25, 0.3) is 0 Å². The number of ether oxygens (including phenoxy) is 1. The van der Waals surface area contributed by atoms with Crippen LogP contribution in [0.2, 0.25) is 0 Å². The SMILES string of the molecule is FC(F)(F)Oc1ccc2c(c1)ncn2-c1ccccn1. The summed E-state index contributed by atoms with van der Waals surface area (Å²) in [5.74, 6) is 0.343. The molecule has 0 aliphatic heterocycles. The van der Waals surface area contributed by atoms with Crippen molar-refractivity contribution in [2.24, 2.45) is 0 Å². The summed E-state index contributed by atoms with van der Waals surface area (Å²) in [5.41, 5.74) is 1.05. The molecule has 2 aromatic heterocycles. The lowest BCUT2D eigenvalue weighted by molar-refractivity contribution is -0.274. The summed E-state index contributed by atoms with van der Waals surface area (Å²) in [5, 5.41) is 0. The van der Waals surface area contributed by atoms with E-state index in [-0.39, 0.29) is 5.75 Å². The summed E-state index contributed by atoms with van der Waals surface area (Å²) in [4.78, 5) is 8.23. The Morgan fingerprint density at radius 3 is 2.60 bits per heavy atom. The maximum Gasteiger partial charge on any atom is 0.573 e. The van der Waals surface area contributed by atoms with Crippen molar-refractivity contribution in [3.8, 4) is 11.6 Å². The summed E-state index contributed by atoms with van der Waals surface area (Å²) in [6, 6.07) is 9.37. The molecule has 3 aromatic rings. The fourth-order valence-corrected chi connectivity index (χ4v) is 1.87. The number of hydrogen-bond acceptors (Lipinski definition) is 3. The number of benzene rings is 1. The van der Waals surface area contributed by atoms with Gasteiger partial charge in [0.2, 0.25) is 0 Å². The minimum Gasteiger partial charge on any atom is -0.406 e. The maximum atomic E-state index is 12.2. The van der Waals surface area contributed by atoms with E-state index in [2.05, 4.69) is 14.7 Å². The normalized spacial score (nSPS) is 11.8. The van der Waals surface area contributed by atoms with Gasteiger partial charge in [-0.15, -0.1) is 13.2 Å². The van der Waals surface area contributed by atoms with Crippen molar-refractivity contribution in [3.05, 3.63) is 48.9 Å². The fourth-order valence-electron chi connectivity index (χ4n) is 1.87. The standard InChI is InChI=1S/C13H8F3N3O/c14-13(15,16)20-9-4-5-11-10(7-9)18-8-19(11)12-3-1-2-6-17-12/h1-8H. The number of aromatic nitrogens is 3. The number of rotatable bonds is 2. The van der Waals surface area contributed by atoms with E-state index in [1.807, 2.05) is 6.07 Å². The van der Waals surface area contributed by atoms with Gasteiger partial charge in [-0.1, -0.05) is 6.07 Å². The smallest absolute Gasteiger partial charge is 0.406 e. The highest BCUT2D eigenvalue weighted by molar-refractivity contribution is 5.78. The molecule has 0 N–H and O–H groups in total. The van der Waals surface area contributed by atoms with Crippen LogP contribution in [0.5, 0.6) is 5.75 Å². The van der Waals surface area contributed by atoms with Gasteiger partial charge in [-0.2, -0.15) is 0 Å². The largest absolute Gasteiger partial charge is 0.573 e. The summed E-state index contributed by atoms with van der Waals surface area (Å²) in [7, 11) is 0. The molecule has 2 heterocycles. The molecule has 1 aromatic carbocycles. The van der Waals surface area contributed by atoms with Gasteiger partial charge in [-0.25, -0.2) is 9.97 Å². The third kappa shape index (κ3) is 2.42. The molecule has 0 atom stereocenters. The molecule has 0 aliphatic carbocycles. The molecule has 4 nitrogen and oxygen atoms in total. The predicted octanol–water partition coefficient (Wildman–Crippen LogP) is 3.32. The van der Waals surface area contributed by atoms with Gasteiger partial charge in [0.15, 0.2) is 0 Å². The maximum absolute atomic E-state index is 12.2. The summed E-state index contributed by atoms with van der Waals surface area (Å²) >= 11 is 0. The molecular weight excluding hydrogens is 271 g/mol. The first-order chi connectivity index (χ1) is 9.53. The first-order valence-corrected chi connectivity index (χ1v) is 5.67. The lowest BCUT2D eigenvalue weighted by Crippen LogP contribution is -2.17. The molecular formula is C13H8F3N3O. The van der Waals surface area contributed by atoms with Crippen molar-refractivity contribution >= 4 is 11.0 Å². The van der Waals surface area contributed by atoms with Crippen molar-refractivity contribution in [1.82, 2.24) is 14.5 Å². The van der Waals surface area contributed by atoms with Crippen molar-refractivity contribution < 1.29 is 17.9 Å². The third-order valence-corrected chi connectivity index (χ3v) is 2.65. The number of fused-ring (bicyclic) bond motifs is 1. The van der Waals surface area contributed by atoms with Crippen molar-refractivity contribution in [3.63, 3.8) is 0 Å². The number of alkyl halides is 3. The molecule has 0 aliphatic rings. The second-order valence-corrected chi connectivity index (χ2v) is 4.00. The van der Waals surface area contributed by atoms with Crippen molar-refractivity contribution in [1.29, 1.82) is 0 Å². The van der Waals surface area contributed by atoms with E-state index >= 15 is 0 Å². The summed E-state index contributed by atoms with van der Waals surface area (Å²) in [6.45, 7) is 0. The van der Waals surface area contributed by atoms with E-state index in [9.17, 15) is 13.2 Å². The molecule has 0 saturated carbocycles. The zero-order valence-electron chi connectivity index (χ0n) is 10.0. The van der Waals surface area contributed by atoms with Crippen LogP contribution < -0.4 is 4.74 Å². The Balaban J connectivity index is 2.03. The van der Waals surface area contributed by atoms with Crippen LogP contribution in [0.25, 0.3) is 16.9 Å². The highest BCUT2D eigenvalue weighted by atomic mass is 19.4. The van der Waals surface area contributed by atoms with E-state index in [0.29, 0.717) is 16.9 Å². The highest BCUT2D eigenvalue weighted by Gasteiger charge is 2.31. The van der Waals surface area contributed by atoms with E-state index in [1.165, 1.54) is 24.5 Å². The molecule has 3 rings (SSSR count). The molecule has 102 valence electrons. The van der Waals surface area contributed by atoms with Crippen LogP contribution in [0, 0.1) is 0 Å². The Hall–Kier alpha value is -2.57. The van der Waals surface area contributed by atoms with E-state index in [0.717, 1.165) is 0 Å². The van der Waals surface area contributed by atoms with Gasteiger partial charge in [0.05, 0.1) is 11.0 Å². The van der Waals surface area contributed by atoms with Gasteiger partial charge in [-0.05, 0) is 24.3 Å². The topological polar surface area (TPSA) is 39.9 Å². The molecule has 20 heavy (non-hydrogen) atoms. The van der Waals surface area contributed by atoms with Gasteiger partial charge < -0.3 is 4.74 Å². The minimum atomic E-state index is -4.71. The lowest BCUT2D eigenvalue weighted by atomic mass is 10.3.